The van der Waals surface area contributed by atoms with Crippen LogP contribution in [0.1, 0.15) is 11.1 Å². The molecule has 0 aliphatic heterocycles. The Hall–Kier alpha value is -4.82. The smallest absolute Gasteiger partial charge is 0.119 e. The summed E-state index contributed by atoms with van der Waals surface area (Å²) in [4.78, 5) is 2.25. The van der Waals surface area contributed by atoms with Crippen LogP contribution in [0.4, 0.5) is 17.1 Å². The van der Waals surface area contributed by atoms with Crippen molar-refractivity contribution in [3.8, 4) is 5.75 Å². The summed E-state index contributed by atoms with van der Waals surface area (Å²) in [7, 11) is 1.69. The Morgan fingerprint density at radius 3 is 1.89 bits per heavy atom. The van der Waals surface area contributed by atoms with Crippen molar-refractivity contribution in [2.45, 2.75) is 0 Å². The molecule has 0 spiro atoms. The zero-order valence-electron chi connectivity index (χ0n) is 20.7. The molecule has 0 aliphatic rings. The second-order valence-electron chi connectivity index (χ2n) is 9.02. The van der Waals surface area contributed by atoms with E-state index in [1.807, 2.05) is 18.2 Å². The molecule has 2 nitrogen and oxygen atoms in total. The summed E-state index contributed by atoms with van der Waals surface area (Å²) in [6, 6.07) is 46.8. The standard InChI is InChI=1S/C35H27NO/c1-37-32-23-21-31(22-24-32)36(29-10-3-2-4-11-29)30-19-15-26(16-20-30)14-17-28-9-7-13-35-33-12-6-5-8-27(33)18-25-34(28)35/h2-25H,1H3. The number of hydrogen-bond donors (Lipinski definition) is 0. The highest BCUT2D eigenvalue weighted by molar-refractivity contribution is 6.10. The van der Waals surface area contributed by atoms with Crippen LogP contribution in [-0.2, 0) is 0 Å². The Bertz CT molecular complexity index is 1680. The van der Waals surface area contributed by atoms with E-state index in [4.69, 9.17) is 4.74 Å². The van der Waals surface area contributed by atoms with Crippen LogP contribution in [-0.4, -0.2) is 7.11 Å². The number of ether oxygens (including phenoxy) is 1. The predicted octanol–water partition coefficient (Wildman–Crippen LogP) is 9.64. The zero-order chi connectivity index (χ0) is 25.0. The maximum absolute atomic E-state index is 5.36. The molecule has 0 aliphatic carbocycles. The van der Waals surface area contributed by atoms with E-state index >= 15 is 0 Å². The van der Waals surface area contributed by atoms with Gasteiger partial charge in [0.1, 0.15) is 5.75 Å². The van der Waals surface area contributed by atoms with Gasteiger partial charge in [-0.2, -0.15) is 0 Å². The lowest BCUT2D eigenvalue weighted by atomic mass is 9.98. The molecule has 0 atom stereocenters. The average Bonchev–Trinajstić information content (AvgIpc) is 2.97. The van der Waals surface area contributed by atoms with Crippen molar-refractivity contribution in [1.82, 2.24) is 0 Å². The maximum Gasteiger partial charge on any atom is 0.119 e. The molecule has 0 N–H and O–H groups in total. The molecule has 37 heavy (non-hydrogen) atoms. The fourth-order valence-electron chi connectivity index (χ4n) is 4.89. The van der Waals surface area contributed by atoms with Gasteiger partial charge >= 0.3 is 0 Å². The number of hydrogen-bond acceptors (Lipinski definition) is 2. The maximum atomic E-state index is 5.36. The van der Waals surface area contributed by atoms with Crippen molar-refractivity contribution >= 4 is 50.8 Å². The van der Waals surface area contributed by atoms with Crippen LogP contribution in [0.2, 0.25) is 0 Å². The Labute approximate surface area is 217 Å². The van der Waals surface area contributed by atoms with E-state index in [1.165, 1.54) is 27.1 Å². The van der Waals surface area contributed by atoms with Gasteiger partial charge in [0.25, 0.3) is 0 Å². The SMILES string of the molecule is COc1ccc(N(c2ccccc2)c2ccc(C=Cc3cccc4c3ccc3ccccc34)cc2)cc1. The van der Waals surface area contributed by atoms with Gasteiger partial charge in [-0.15, -0.1) is 0 Å². The number of anilines is 3. The van der Waals surface area contributed by atoms with Crippen molar-refractivity contribution < 1.29 is 4.74 Å². The molecule has 6 aromatic carbocycles. The Kier molecular flexibility index (Phi) is 6.14. The molecule has 0 unspecified atom stereocenters. The van der Waals surface area contributed by atoms with Gasteiger partial charge < -0.3 is 9.64 Å². The van der Waals surface area contributed by atoms with Crippen LogP contribution < -0.4 is 9.64 Å². The van der Waals surface area contributed by atoms with Crippen molar-refractivity contribution in [2.24, 2.45) is 0 Å². The summed E-state index contributed by atoms with van der Waals surface area (Å²) >= 11 is 0. The highest BCUT2D eigenvalue weighted by atomic mass is 16.5. The van der Waals surface area contributed by atoms with Crippen LogP contribution in [0.25, 0.3) is 33.7 Å². The molecule has 0 bridgehead atoms. The zero-order valence-corrected chi connectivity index (χ0v) is 20.7. The van der Waals surface area contributed by atoms with E-state index in [9.17, 15) is 0 Å². The van der Waals surface area contributed by atoms with E-state index in [2.05, 4.69) is 132 Å². The topological polar surface area (TPSA) is 12.5 Å². The van der Waals surface area contributed by atoms with Gasteiger partial charge in [-0.3, -0.25) is 0 Å². The van der Waals surface area contributed by atoms with E-state index < -0.39 is 0 Å². The lowest BCUT2D eigenvalue weighted by Crippen LogP contribution is -2.09. The van der Waals surface area contributed by atoms with Crippen LogP contribution >= 0.6 is 0 Å². The van der Waals surface area contributed by atoms with Gasteiger partial charge in [0.05, 0.1) is 7.11 Å². The first-order valence-corrected chi connectivity index (χ1v) is 12.5. The highest BCUT2D eigenvalue weighted by Crippen LogP contribution is 2.35. The minimum Gasteiger partial charge on any atom is -0.497 e. The van der Waals surface area contributed by atoms with Crippen LogP contribution in [0, 0.1) is 0 Å². The monoisotopic (exact) mass is 477 g/mol. The molecule has 178 valence electrons. The third-order valence-corrected chi connectivity index (χ3v) is 6.77. The molecule has 6 rings (SSSR count). The molecular formula is C35H27NO. The predicted molar refractivity (Wildman–Crippen MR) is 158 cm³/mol. The number of rotatable bonds is 6. The highest BCUT2D eigenvalue weighted by Gasteiger charge is 2.12. The summed E-state index contributed by atoms with van der Waals surface area (Å²) in [6.45, 7) is 0. The largest absolute Gasteiger partial charge is 0.497 e. The summed E-state index contributed by atoms with van der Waals surface area (Å²) in [5.41, 5.74) is 5.67. The molecule has 0 aromatic heterocycles. The van der Waals surface area contributed by atoms with E-state index in [0.29, 0.717) is 0 Å². The van der Waals surface area contributed by atoms with E-state index in [-0.39, 0.29) is 0 Å². The van der Waals surface area contributed by atoms with E-state index in [1.54, 1.807) is 7.11 Å². The van der Waals surface area contributed by atoms with Gasteiger partial charge in [0, 0.05) is 17.1 Å². The number of para-hydroxylation sites is 1. The first-order valence-electron chi connectivity index (χ1n) is 12.5. The van der Waals surface area contributed by atoms with Gasteiger partial charge in [-0.05, 0) is 81.2 Å². The minimum absolute atomic E-state index is 0.846. The normalized spacial score (nSPS) is 11.3. The molecular weight excluding hydrogens is 450 g/mol. The molecule has 0 fully saturated rings. The summed E-state index contributed by atoms with van der Waals surface area (Å²) in [6.07, 6.45) is 4.40. The minimum atomic E-state index is 0.846. The van der Waals surface area contributed by atoms with Crippen molar-refractivity contribution in [2.75, 3.05) is 12.0 Å². The number of nitrogens with zero attached hydrogens (tertiary/aromatic N) is 1. The number of fused-ring (bicyclic) bond motifs is 3. The molecule has 0 saturated carbocycles. The van der Waals surface area contributed by atoms with Crippen LogP contribution in [0.3, 0.4) is 0 Å². The molecule has 0 heterocycles. The van der Waals surface area contributed by atoms with Crippen molar-refractivity contribution in [3.63, 3.8) is 0 Å². The Balaban J connectivity index is 1.32. The molecule has 0 amide bonds. The third kappa shape index (κ3) is 4.57. The Morgan fingerprint density at radius 2 is 1.14 bits per heavy atom. The van der Waals surface area contributed by atoms with Crippen LogP contribution in [0.15, 0.2) is 133 Å². The summed E-state index contributed by atoms with van der Waals surface area (Å²) in [5, 5.41) is 5.11. The lowest BCUT2D eigenvalue weighted by molar-refractivity contribution is 0.415. The third-order valence-electron chi connectivity index (χ3n) is 6.77. The second-order valence-corrected chi connectivity index (χ2v) is 9.02. The second kappa shape index (κ2) is 10.0. The number of methoxy groups -OCH3 is 1. The van der Waals surface area contributed by atoms with Gasteiger partial charge in [-0.1, -0.05) is 97.1 Å². The summed E-state index contributed by atoms with van der Waals surface area (Å²) in [5.74, 6) is 0.846. The number of benzene rings is 6. The first kappa shape index (κ1) is 22.6. The molecule has 2 heteroatoms. The summed E-state index contributed by atoms with van der Waals surface area (Å²) < 4.78 is 5.36. The van der Waals surface area contributed by atoms with Crippen LogP contribution in [0.5, 0.6) is 5.75 Å². The fraction of sp³-hybridized carbons (Fsp3) is 0.0286. The molecule has 6 aromatic rings. The van der Waals surface area contributed by atoms with Crippen molar-refractivity contribution in [3.05, 3.63) is 145 Å². The Morgan fingerprint density at radius 1 is 0.486 bits per heavy atom. The van der Waals surface area contributed by atoms with E-state index in [0.717, 1.165) is 28.4 Å². The average molecular weight is 478 g/mol. The lowest BCUT2D eigenvalue weighted by Gasteiger charge is -2.25. The quantitative estimate of drug-likeness (QED) is 0.175. The molecule has 0 radical (unpaired) electrons. The molecule has 0 saturated heterocycles. The van der Waals surface area contributed by atoms with Gasteiger partial charge in [-0.25, -0.2) is 0 Å². The van der Waals surface area contributed by atoms with Gasteiger partial charge in [0.2, 0.25) is 0 Å². The van der Waals surface area contributed by atoms with Crippen molar-refractivity contribution in [1.29, 1.82) is 0 Å². The van der Waals surface area contributed by atoms with Gasteiger partial charge in [0.15, 0.2) is 0 Å². The fourth-order valence-corrected chi connectivity index (χ4v) is 4.89. The first-order chi connectivity index (χ1) is 18.3.